The number of aryl methyl sites for hydroxylation is 1. The van der Waals surface area contributed by atoms with Crippen molar-refractivity contribution in [3.05, 3.63) is 16.7 Å². The molecule has 1 aliphatic rings. The van der Waals surface area contributed by atoms with Crippen molar-refractivity contribution in [1.82, 2.24) is 14.5 Å². The van der Waals surface area contributed by atoms with Crippen LogP contribution in [0.3, 0.4) is 0 Å². The van der Waals surface area contributed by atoms with Gasteiger partial charge in [0.15, 0.2) is 6.33 Å². The Hall–Kier alpha value is -1.71. The standard InChI is InChI=1S/C13H21N5O11P2/c1-16(2)13-14-10-7(11(21)15-13)17(3)5-18(10)12-9(20)8(19)6(28-12)4-27-31(25,26)29-30(22,23)24/h5-6,8-9,12,19-20H,4H2,1-3H3,(H3-,14,15,21,22,23,24,25,26)/p+1/t6-,8-,9-,12-/m1/s1. The third kappa shape index (κ3) is 5.04. The van der Waals surface area contributed by atoms with Crippen molar-refractivity contribution in [3.63, 3.8) is 0 Å². The molecule has 3 heterocycles. The number of nitrogens with zero attached hydrogens (tertiary/aromatic N) is 4. The van der Waals surface area contributed by atoms with Gasteiger partial charge < -0.3 is 34.5 Å². The third-order valence-corrected chi connectivity index (χ3v) is 6.56. The molecule has 0 aliphatic carbocycles. The van der Waals surface area contributed by atoms with E-state index in [1.807, 2.05) is 0 Å². The largest absolute Gasteiger partial charge is 0.481 e. The van der Waals surface area contributed by atoms with E-state index in [4.69, 9.17) is 14.5 Å². The number of fused-ring (bicyclic) bond motifs is 1. The first-order valence-corrected chi connectivity index (χ1v) is 11.7. The molecule has 0 aromatic carbocycles. The van der Waals surface area contributed by atoms with Gasteiger partial charge in [0.05, 0.1) is 13.7 Å². The van der Waals surface area contributed by atoms with Crippen molar-refractivity contribution >= 4 is 32.8 Å². The van der Waals surface area contributed by atoms with Gasteiger partial charge in [-0.05, 0) is 0 Å². The number of ether oxygens (including phenoxy) is 1. The number of anilines is 1. The zero-order chi connectivity index (χ0) is 23.3. The lowest BCUT2D eigenvalue weighted by Gasteiger charge is -2.17. The molecule has 5 atom stereocenters. The summed E-state index contributed by atoms with van der Waals surface area (Å²) in [5.41, 5.74) is -0.172. The molecule has 3 rings (SSSR count). The van der Waals surface area contributed by atoms with Crippen LogP contribution in [0.15, 0.2) is 11.1 Å². The number of nitrogens with one attached hydrogen (secondary N) is 1. The monoisotopic (exact) mass is 486 g/mol. The van der Waals surface area contributed by atoms with Gasteiger partial charge in [-0.15, -0.1) is 0 Å². The number of hydrogen-bond donors (Lipinski definition) is 6. The summed E-state index contributed by atoms with van der Waals surface area (Å²) >= 11 is 0. The highest BCUT2D eigenvalue weighted by molar-refractivity contribution is 7.60. The Morgan fingerprint density at radius 3 is 2.52 bits per heavy atom. The molecule has 2 aromatic heterocycles. The van der Waals surface area contributed by atoms with Gasteiger partial charge in [-0.1, -0.05) is 4.98 Å². The van der Waals surface area contributed by atoms with Crippen molar-refractivity contribution in [2.75, 3.05) is 25.6 Å². The molecule has 0 bridgehead atoms. The summed E-state index contributed by atoms with van der Waals surface area (Å²) in [4.78, 5) is 47.5. The zero-order valence-electron chi connectivity index (χ0n) is 16.5. The van der Waals surface area contributed by atoms with Crippen molar-refractivity contribution in [3.8, 4) is 0 Å². The maximum Gasteiger partial charge on any atom is 0.481 e. The van der Waals surface area contributed by atoms with Crippen LogP contribution >= 0.6 is 15.6 Å². The van der Waals surface area contributed by atoms with E-state index in [2.05, 4.69) is 18.8 Å². The quantitative estimate of drug-likeness (QED) is 0.176. The second-order valence-electron chi connectivity index (χ2n) is 6.97. The predicted octanol–water partition coefficient (Wildman–Crippen LogP) is -2.54. The molecule has 0 saturated carbocycles. The molecule has 1 fully saturated rings. The fraction of sp³-hybridized carbons (Fsp3) is 0.615. The Morgan fingerprint density at radius 1 is 1.29 bits per heavy atom. The molecule has 1 saturated heterocycles. The Bertz CT molecular complexity index is 1130. The van der Waals surface area contributed by atoms with Crippen LogP contribution in [0, 0.1) is 0 Å². The molecule has 31 heavy (non-hydrogen) atoms. The Balaban J connectivity index is 1.88. The summed E-state index contributed by atoms with van der Waals surface area (Å²) in [5.74, 6) is 0.223. The van der Waals surface area contributed by atoms with Crippen LogP contribution in [-0.2, 0) is 29.7 Å². The van der Waals surface area contributed by atoms with Crippen molar-refractivity contribution in [2.24, 2.45) is 7.05 Å². The van der Waals surface area contributed by atoms with Gasteiger partial charge in [-0.3, -0.25) is 18.9 Å². The number of rotatable bonds is 7. The van der Waals surface area contributed by atoms with Crippen molar-refractivity contribution in [2.45, 2.75) is 24.5 Å². The molecular weight excluding hydrogens is 464 g/mol. The first kappa shape index (κ1) is 23.9. The van der Waals surface area contributed by atoms with E-state index in [0.717, 1.165) is 0 Å². The molecule has 1 unspecified atom stereocenters. The molecule has 16 nitrogen and oxygen atoms in total. The van der Waals surface area contributed by atoms with Crippen LogP contribution in [0.1, 0.15) is 6.23 Å². The molecule has 6 N–H and O–H groups in total. The van der Waals surface area contributed by atoms with E-state index >= 15 is 0 Å². The number of aliphatic hydroxyl groups is 2. The van der Waals surface area contributed by atoms with Gasteiger partial charge in [0.25, 0.3) is 11.5 Å². The number of aromatic amines is 1. The lowest BCUT2D eigenvalue weighted by Crippen LogP contribution is -2.46. The van der Waals surface area contributed by atoms with E-state index < -0.39 is 52.4 Å². The number of phosphoric ester groups is 1. The molecule has 0 amide bonds. The van der Waals surface area contributed by atoms with Crippen LogP contribution in [0.4, 0.5) is 5.95 Å². The summed E-state index contributed by atoms with van der Waals surface area (Å²) in [6.07, 6.45) is -4.41. The Kier molecular flexibility index (Phi) is 6.43. The van der Waals surface area contributed by atoms with Gasteiger partial charge in [-0.2, -0.15) is 4.31 Å². The second kappa shape index (κ2) is 8.33. The SMILES string of the molecule is CN(C)c1nc2c(c(=O)[nH]1)n(C)c[n+]2[C@@H]1O[C@H](COP(=O)(O)OP(=O)(O)O)[C@@H](O)[C@H]1O. The van der Waals surface area contributed by atoms with E-state index in [9.17, 15) is 29.0 Å². The molecule has 0 spiro atoms. The number of phosphoric acid groups is 2. The van der Waals surface area contributed by atoms with E-state index in [0.29, 0.717) is 0 Å². The van der Waals surface area contributed by atoms with Gasteiger partial charge in [0, 0.05) is 14.1 Å². The highest BCUT2D eigenvalue weighted by Crippen LogP contribution is 2.57. The number of hydrogen-bond acceptors (Lipinski definition) is 10. The van der Waals surface area contributed by atoms with E-state index in [1.165, 1.54) is 15.5 Å². The van der Waals surface area contributed by atoms with Crippen molar-refractivity contribution < 1.29 is 52.2 Å². The number of aliphatic hydroxyl groups excluding tert-OH is 2. The van der Waals surface area contributed by atoms with E-state index in [1.54, 1.807) is 26.0 Å². The number of imidazole rings is 1. The van der Waals surface area contributed by atoms with Gasteiger partial charge >= 0.3 is 21.3 Å². The van der Waals surface area contributed by atoms with E-state index in [-0.39, 0.29) is 17.1 Å². The van der Waals surface area contributed by atoms with Crippen LogP contribution in [-0.4, -0.2) is 78.4 Å². The van der Waals surface area contributed by atoms with Gasteiger partial charge in [-0.25, -0.2) is 13.7 Å². The van der Waals surface area contributed by atoms with Crippen LogP contribution < -0.4 is 15.0 Å². The second-order valence-corrected chi connectivity index (χ2v) is 9.80. The highest BCUT2D eigenvalue weighted by Gasteiger charge is 2.48. The topological polar surface area (TPSA) is 221 Å². The summed E-state index contributed by atoms with van der Waals surface area (Å²) in [5, 5.41) is 20.7. The molecular formula is C13H22N5O11P2+. The third-order valence-electron chi connectivity index (χ3n) is 4.41. The lowest BCUT2D eigenvalue weighted by molar-refractivity contribution is -0.745. The smallest absolute Gasteiger partial charge is 0.387 e. The molecule has 2 aromatic rings. The summed E-state index contributed by atoms with van der Waals surface area (Å²) in [7, 11) is -5.62. The normalized spacial score (nSPS) is 26.3. The average molecular weight is 486 g/mol. The number of aromatic nitrogens is 4. The first-order chi connectivity index (χ1) is 14.2. The Morgan fingerprint density at radius 2 is 1.94 bits per heavy atom. The minimum atomic E-state index is -5.32. The minimum absolute atomic E-state index is 0.130. The van der Waals surface area contributed by atoms with Crippen LogP contribution in [0.5, 0.6) is 0 Å². The maximum absolute atomic E-state index is 12.4. The van der Waals surface area contributed by atoms with Gasteiger partial charge in [0.1, 0.15) is 18.3 Å². The lowest BCUT2D eigenvalue weighted by atomic mass is 10.1. The maximum atomic E-state index is 12.4. The van der Waals surface area contributed by atoms with Gasteiger partial charge in [0.2, 0.25) is 11.7 Å². The zero-order valence-corrected chi connectivity index (χ0v) is 18.3. The summed E-state index contributed by atoms with van der Waals surface area (Å²) in [6.45, 7) is -0.842. The molecule has 174 valence electrons. The fourth-order valence-corrected chi connectivity index (χ4v) is 4.66. The first-order valence-electron chi connectivity index (χ1n) is 8.64. The van der Waals surface area contributed by atoms with Crippen LogP contribution in [0.25, 0.3) is 11.2 Å². The predicted molar refractivity (Wildman–Crippen MR) is 101 cm³/mol. The average Bonchev–Trinajstić information content (AvgIpc) is 3.09. The number of H-pyrrole nitrogens is 1. The van der Waals surface area contributed by atoms with Crippen LogP contribution in [0.2, 0.25) is 0 Å². The van der Waals surface area contributed by atoms with Crippen molar-refractivity contribution in [1.29, 1.82) is 0 Å². The molecule has 18 heteroatoms. The molecule has 1 aliphatic heterocycles. The minimum Gasteiger partial charge on any atom is -0.387 e. The highest BCUT2D eigenvalue weighted by atomic mass is 31.3. The summed E-state index contributed by atoms with van der Waals surface area (Å²) < 4.78 is 38.7. The summed E-state index contributed by atoms with van der Waals surface area (Å²) in [6, 6.07) is 0. The molecule has 0 radical (unpaired) electrons. The fourth-order valence-electron chi connectivity index (χ4n) is 3.06. The Labute approximate surface area is 174 Å².